The smallest absolute Gasteiger partial charge is 0.337 e. The number of H-pyrrole nitrogens is 1. The Kier molecular flexibility index (Phi) is 4.16. The fraction of sp³-hybridized carbons (Fsp3) is 0.250. The Hall–Kier alpha value is -3.15. The van der Waals surface area contributed by atoms with E-state index in [-0.39, 0.29) is 5.56 Å². The molecule has 0 bridgehead atoms. The van der Waals surface area contributed by atoms with Crippen LogP contribution in [-0.4, -0.2) is 29.6 Å². The summed E-state index contributed by atoms with van der Waals surface area (Å²) in [4.78, 5) is 33.8. The van der Waals surface area contributed by atoms with Gasteiger partial charge in [-0.25, -0.2) is 9.78 Å². The van der Waals surface area contributed by atoms with Crippen molar-refractivity contribution in [2.75, 3.05) is 18.6 Å². The predicted octanol–water partition coefficient (Wildman–Crippen LogP) is 2.66. The number of methoxy groups -OCH3 is 1. The molecule has 2 heterocycles. The van der Waals surface area contributed by atoms with Gasteiger partial charge in [-0.05, 0) is 42.7 Å². The summed E-state index contributed by atoms with van der Waals surface area (Å²) in [7, 11) is 1.33. The Morgan fingerprint density at radius 3 is 2.96 bits per heavy atom. The van der Waals surface area contributed by atoms with Gasteiger partial charge in [-0.1, -0.05) is 18.2 Å². The second-order valence-corrected chi connectivity index (χ2v) is 6.39. The number of hydrogen-bond donors (Lipinski definition) is 1. The van der Waals surface area contributed by atoms with E-state index in [2.05, 4.69) is 27.0 Å². The normalized spacial score (nSPS) is 13.5. The third-order valence-electron chi connectivity index (χ3n) is 4.72. The Labute approximate surface area is 150 Å². The average Bonchev–Trinajstić information content (AvgIpc) is 2.67. The number of carbonyl (C=O) groups is 1. The van der Waals surface area contributed by atoms with Crippen LogP contribution in [0.5, 0.6) is 0 Å². The van der Waals surface area contributed by atoms with Crippen LogP contribution in [-0.2, 0) is 17.7 Å². The number of esters is 1. The molecule has 26 heavy (non-hydrogen) atoms. The van der Waals surface area contributed by atoms with Gasteiger partial charge < -0.3 is 14.6 Å². The zero-order chi connectivity index (χ0) is 18.1. The van der Waals surface area contributed by atoms with Crippen molar-refractivity contribution in [3.63, 3.8) is 0 Å². The largest absolute Gasteiger partial charge is 0.465 e. The van der Waals surface area contributed by atoms with Crippen LogP contribution in [0, 0.1) is 0 Å². The molecular weight excluding hydrogens is 330 g/mol. The number of benzene rings is 2. The first kappa shape index (κ1) is 16.3. The molecule has 1 aromatic heterocycles. The Morgan fingerprint density at radius 2 is 2.12 bits per heavy atom. The molecule has 1 N–H and O–H groups in total. The molecule has 3 aromatic rings. The van der Waals surface area contributed by atoms with E-state index in [9.17, 15) is 9.59 Å². The number of aromatic nitrogens is 2. The summed E-state index contributed by atoms with van der Waals surface area (Å²) < 4.78 is 4.75. The van der Waals surface area contributed by atoms with Gasteiger partial charge in [-0.2, -0.15) is 0 Å². The number of aromatic amines is 1. The maximum atomic E-state index is 12.4. The zero-order valence-corrected chi connectivity index (χ0v) is 14.5. The van der Waals surface area contributed by atoms with Crippen molar-refractivity contribution >= 4 is 22.6 Å². The highest BCUT2D eigenvalue weighted by molar-refractivity contribution is 5.93. The van der Waals surface area contributed by atoms with Crippen molar-refractivity contribution in [1.29, 1.82) is 0 Å². The van der Waals surface area contributed by atoms with Crippen molar-refractivity contribution in [3.8, 4) is 0 Å². The number of ether oxygens (including phenoxy) is 1. The summed E-state index contributed by atoms with van der Waals surface area (Å²) in [5.41, 5.74) is 3.18. The molecule has 0 amide bonds. The first-order chi connectivity index (χ1) is 12.7. The van der Waals surface area contributed by atoms with Crippen LogP contribution in [0.3, 0.4) is 0 Å². The lowest BCUT2D eigenvalue weighted by molar-refractivity contribution is 0.0601. The molecule has 132 valence electrons. The highest BCUT2D eigenvalue weighted by Gasteiger charge is 2.18. The summed E-state index contributed by atoms with van der Waals surface area (Å²) in [6.45, 7) is 1.44. The molecular formula is C20H19N3O3. The summed E-state index contributed by atoms with van der Waals surface area (Å²) in [5, 5.41) is 0.459. The lowest BCUT2D eigenvalue weighted by Gasteiger charge is -2.30. The van der Waals surface area contributed by atoms with Crippen LogP contribution in [0.15, 0.2) is 47.3 Å². The Bertz CT molecular complexity index is 1040. The van der Waals surface area contributed by atoms with Crippen molar-refractivity contribution in [2.45, 2.75) is 19.4 Å². The average molecular weight is 349 g/mol. The van der Waals surface area contributed by atoms with Crippen molar-refractivity contribution in [3.05, 3.63) is 69.8 Å². The van der Waals surface area contributed by atoms with Gasteiger partial charge in [0.25, 0.3) is 5.56 Å². The number of anilines is 1. The van der Waals surface area contributed by atoms with Crippen molar-refractivity contribution in [2.24, 2.45) is 0 Å². The minimum absolute atomic E-state index is 0.202. The lowest BCUT2D eigenvalue weighted by Crippen LogP contribution is -2.30. The molecule has 6 nitrogen and oxygen atoms in total. The van der Waals surface area contributed by atoms with Gasteiger partial charge in [-0.3, -0.25) is 4.79 Å². The molecule has 0 unspecified atom stereocenters. The van der Waals surface area contributed by atoms with Gasteiger partial charge in [0, 0.05) is 12.2 Å². The minimum Gasteiger partial charge on any atom is -0.465 e. The van der Waals surface area contributed by atoms with E-state index in [1.165, 1.54) is 18.4 Å². The third kappa shape index (κ3) is 2.94. The topological polar surface area (TPSA) is 75.3 Å². The summed E-state index contributed by atoms with van der Waals surface area (Å²) in [6.07, 6.45) is 2.14. The Balaban J connectivity index is 1.71. The van der Waals surface area contributed by atoms with Gasteiger partial charge >= 0.3 is 5.97 Å². The molecule has 0 spiro atoms. The minimum atomic E-state index is -0.444. The SMILES string of the molecule is COC(=O)c1ccc2c(=O)[nH]c(CN3CCCc4ccccc43)nc2c1. The molecule has 6 heteroatoms. The van der Waals surface area contributed by atoms with Crippen LogP contribution in [0.1, 0.15) is 28.2 Å². The van der Waals surface area contributed by atoms with E-state index in [0.717, 1.165) is 19.4 Å². The summed E-state index contributed by atoms with van der Waals surface area (Å²) in [6, 6.07) is 13.1. The predicted molar refractivity (Wildman–Crippen MR) is 99.5 cm³/mol. The maximum Gasteiger partial charge on any atom is 0.337 e. The van der Waals surface area contributed by atoms with Crippen LogP contribution >= 0.6 is 0 Å². The first-order valence-electron chi connectivity index (χ1n) is 8.60. The van der Waals surface area contributed by atoms with Gasteiger partial charge in [0.15, 0.2) is 0 Å². The maximum absolute atomic E-state index is 12.4. The van der Waals surface area contributed by atoms with Gasteiger partial charge in [-0.15, -0.1) is 0 Å². The van der Waals surface area contributed by atoms with Crippen molar-refractivity contribution < 1.29 is 9.53 Å². The third-order valence-corrected chi connectivity index (χ3v) is 4.72. The molecule has 1 aliphatic rings. The quantitative estimate of drug-likeness (QED) is 0.736. The van der Waals surface area contributed by atoms with Crippen molar-refractivity contribution in [1.82, 2.24) is 9.97 Å². The van der Waals surface area contributed by atoms with Gasteiger partial charge in [0.05, 0.1) is 30.1 Å². The number of hydrogen-bond acceptors (Lipinski definition) is 5. The molecule has 0 saturated carbocycles. The molecule has 0 atom stereocenters. The molecule has 0 aliphatic carbocycles. The number of rotatable bonds is 3. The number of carbonyl (C=O) groups excluding carboxylic acids is 1. The number of nitrogens with one attached hydrogen (secondary N) is 1. The van der Waals surface area contributed by atoms with Crippen LogP contribution < -0.4 is 10.5 Å². The second kappa shape index (κ2) is 6.63. The lowest BCUT2D eigenvalue weighted by atomic mass is 10.0. The van der Waals surface area contributed by atoms with E-state index < -0.39 is 5.97 Å². The highest BCUT2D eigenvalue weighted by atomic mass is 16.5. The molecule has 2 aromatic carbocycles. The summed E-state index contributed by atoms with van der Waals surface area (Å²) >= 11 is 0. The van der Waals surface area contributed by atoms with Gasteiger partial charge in [0.2, 0.25) is 0 Å². The number of fused-ring (bicyclic) bond motifs is 2. The van der Waals surface area contributed by atoms with Crippen LogP contribution in [0.4, 0.5) is 5.69 Å². The van der Waals surface area contributed by atoms with Crippen LogP contribution in [0.25, 0.3) is 10.9 Å². The molecule has 0 saturated heterocycles. The molecule has 0 fully saturated rings. The molecule has 4 rings (SSSR count). The highest BCUT2D eigenvalue weighted by Crippen LogP contribution is 2.27. The van der Waals surface area contributed by atoms with Gasteiger partial charge in [0.1, 0.15) is 5.82 Å². The molecule has 0 radical (unpaired) electrons. The number of nitrogens with zero attached hydrogens (tertiary/aromatic N) is 2. The molecule has 1 aliphatic heterocycles. The first-order valence-corrected chi connectivity index (χ1v) is 8.60. The van der Waals surface area contributed by atoms with E-state index in [0.29, 0.717) is 28.8 Å². The van der Waals surface area contributed by atoms with E-state index in [1.807, 2.05) is 12.1 Å². The van der Waals surface area contributed by atoms with E-state index >= 15 is 0 Å². The number of para-hydroxylation sites is 1. The van der Waals surface area contributed by atoms with E-state index in [4.69, 9.17) is 4.74 Å². The second-order valence-electron chi connectivity index (χ2n) is 6.39. The zero-order valence-electron chi connectivity index (χ0n) is 14.5. The fourth-order valence-electron chi connectivity index (χ4n) is 3.46. The van der Waals surface area contributed by atoms with Crippen LogP contribution in [0.2, 0.25) is 0 Å². The fourth-order valence-corrected chi connectivity index (χ4v) is 3.46. The van der Waals surface area contributed by atoms with E-state index in [1.54, 1.807) is 18.2 Å². The standard InChI is InChI=1S/C20H19N3O3/c1-26-20(25)14-8-9-15-16(11-14)21-18(22-19(15)24)12-23-10-4-6-13-5-2-3-7-17(13)23/h2-3,5,7-9,11H,4,6,10,12H2,1H3,(H,21,22,24). The Morgan fingerprint density at radius 1 is 1.27 bits per heavy atom. The number of aryl methyl sites for hydroxylation is 1. The monoisotopic (exact) mass is 349 g/mol. The summed E-state index contributed by atoms with van der Waals surface area (Å²) in [5.74, 6) is 0.140.